The van der Waals surface area contributed by atoms with Crippen molar-refractivity contribution in [3.63, 3.8) is 0 Å². The number of nitrogens with zero attached hydrogens (tertiary/aromatic N) is 1. The Morgan fingerprint density at radius 3 is 2.95 bits per heavy atom. The lowest BCUT2D eigenvalue weighted by atomic mass is 9.94. The molecule has 3 heteroatoms. The predicted molar refractivity (Wildman–Crippen MR) is 76.2 cm³/mol. The summed E-state index contributed by atoms with van der Waals surface area (Å²) in [6, 6.07) is 6.03. The second kappa shape index (κ2) is 6.20. The van der Waals surface area contributed by atoms with Gasteiger partial charge >= 0.3 is 0 Å². The normalized spacial score (nSPS) is 19.5. The number of hydrogen-bond acceptors (Lipinski definition) is 2. The quantitative estimate of drug-likeness (QED) is 0.908. The fourth-order valence-electron chi connectivity index (χ4n) is 2.80. The lowest BCUT2D eigenvalue weighted by Crippen LogP contribution is -2.40. The molecule has 0 spiro atoms. The molecule has 1 fully saturated rings. The maximum absolute atomic E-state index is 12.6. The lowest BCUT2D eigenvalue weighted by Gasteiger charge is -2.33. The van der Waals surface area contributed by atoms with Crippen LogP contribution in [0.4, 0.5) is 0 Å². The van der Waals surface area contributed by atoms with Crippen LogP contribution in [0.5, 0.6) is 0 Å². The average molecular weight is 261 g/mol. The zero-order valence-electron chi connectivity index (χ0n) is 11.9. The number of aryl methyl sites for hydroxylation is 2. The monoisotopic (exact) mass is 261 g/mol. The number of amides is 1. The Balaban J connectivity index is 2.12. The van der Waals surface area contributed by atoms with Gasteiger partial charge in [0, 0.05) is 25.3 Å². The molecule has 1 aliphatic heterocycles. The maximum atomic E-state index is 12.6. The fourth-order valence-corrected chi connectivity index (χ4v) is 2.80. The number of aliphatic hydroxyl groups is 1. The van der Waals surface area contributed by atoms with Crippen LogP contribution in [0.25, 0.3) is 0 Å². The van der Waals surface area contributed by atoms with Crippen molar-refractivity contribution in [3.05, 3.63) is 34.9 Å². The number of benzene rings is 1. The molecular weight excluding hydrogens is 238 g/mol. The molecule has 1 saturated heterocycles. The summed E-state index contributed by atoms with van der Waals surface area (Å²) in [5.41, 5.74) is 2.99. The van der Waals surface area contributed by atoms with Crippen molar-refractivity contribution in [2.24, 2.45) is 5.92 Å². The molecule has 0 aliphatic carbocycles. The predicted octanol–water partition coefficient (Wildman–Crippen LogP) is 2.54. The molecule has 1 aliphatic rings. The van der Waals surface area contributed by atoms with Crippen molar-refractivity contribution in [1.82, 2.24) is 4.90 Å². The lowest BCUT2D eigenvalue weighted by molar-refractivity contribution is 0.0653. The third-order valence-corrected chi connectivity index (χ3v) is 3.97. The summed E-state index contributed by atoms with van der Waals surface area (Å²) in [6.45, 7) is 5.85. The van der Waals surface area contributed by atoms with Crippen LogP contribution in [0.1, 0.15) is 40.7 Å². The second-order valence-electron chi connectivity index (χ2n) is 5.59. The molecule has 1 aromatic rings. The van der Waals surface area contributed by atoms with E-state index in [9.17, 15) is 4.79 Å². The van der Waals surface area contributed by atoms with Crippen LogP contribution in [-0.4, -0.2) is 35.6 Å². The second-order valence-corrected chi connectivity index (χ2v) is 5.59. The van der Waals surface area contributed by atoms with E-state index in [0.29, 0.717) is 5.92 Å². The van der Waals surface area contributed by atoms with Gasteiger partial charge in [0.25, 0.3) is 5.91 Å². The summed E-state index contributed by atoms with van der Waals surface area (Å²) in [7, 11) is 0. The summed E-state index contributed by atoms with van der Waals surface area (Å²) >= 11 is 0. The largest absolute Gasteiger partial charge is 0.396 e. The number of carbonyl (C=O) groups excluding carboxylic acids is 1. The minimum absolute atomic E-state index is 0.142. The van der Waals surface area contributed by atoms with Crippen molar-refractivity contribution in [1.29, 1.82) is 0 Å². The van der Waals surface area contributed by atoms with Crippen LogP contribution in [0.15, 0.2) is 18.2 Å². The molecule has 0 bridgehead atoms. The molecule has 2 rings (SSSR count). The standard InChI is InChI=1S/C16H23NO2/c1-12-5-6-13(2)15(10-12)16(19)17-8-3-4-14(11-17)7-9-18/h5-6,10,14,18H,3-4,7-9,11H2,1-2H3. The van der Waals surface area contributed by atoms with Gasteiger partial charge in [0.05, 0.1) is 0 Å². The Morgan fingerprint density at radius 2 is 2.21 bits per heavy atom. The molecule has 0 aromatic heterocycles. The highest BCUT2D eigenvalue weighted by Gasteiger charge is 2.24. The Kier molecular flexibility index (Phi) is 4.59. The van der Waals surface area contributed by atoms with Crippen LogP contribution in [0.2, 0.25) is 0 Å². The van der Waals surface area contributed by atoms with Crippen LogP contribution < -0.4 is 0 Å². The van der Waals surface area contributed by atoms with E-state index in [0.717, 1.165) is 49.0 Å². The molecule has 3 nitrogen and oxygen atoms in total. The van der Waals surface area contributed by atoms with Gasteiger partial charge in [-0.15, -0.1) is 0 Å². The average Bonchev–Trinajstić information content (AvgIpc) is 2.41. The van der Waals surface area contributed by atoms with Gasteiger partial charge in [-0.05, 0) is 50.7 Å². The van der Waals surface area contributed by atoms with E-state index in [1.165, 1.54) is 0 Å². The molecule has 1 unspecified atom stereocenters. The van der Waals surface area contributed by atoms with E-state index in [-0.39, 0.29) is 12.5 Å². The molecule has 0 saturated carbocycles. The smallest absolute Gasteiger partial charge is 0.254 e. The molecule has 19 heavy (non-hydrogen) atoms. The Labute approximate surface area is 115 Å². The fraction of sp³-hybridized carbons (Fsp3) is 0.562. The highest BCUT2D eigenvalue weighted by molar-refractivity contribution is 5.95. The third-order valence-electron chi connectivity index (χ3n) is 3.97. The summed E-state index contributed by atoms with van der Waals surface area (Å²) < 4.78 is 0. The number of carbonyl (C=O) groups is 1. The molecule has 1 N–H and O–H groups in total. The van der Waals surface area contributed by atoms with Crippen molar-refractivity contribution in [2.75, 3.05) is 19.7 Å². The number of piperidine rings is 1. The number of likely N-dealkylation sites (tertiary alicyclic amines) is 1. The van der Waals surface area contributed by atoms with Gasteiger partial charge in [-0.2, -0.15) is 0 Å². The summed E-state index contributed by atoms with van der Waals surface area (Å²) in [6.07, 6.45) is 2.97. The van der Waals surface area contributed by atoms with Crippen molar-refractivity contribution >= 4 is 5.91 Å². The minimum Gasteiger partial charge on any atom is -0.396 e. The highest BCUT2D eigenvalue weighted by atomic mass is 16.3. The number of rotatable bonds is 3. The van der Waals surface area contributed by atoms with Gasteiger partial charge in [-0.1, -0.05) is 17.7 Å². The van der Waals surface area contributed by atoms with Crippen molar-refractivity contribution in [3.8, 4) is 0 Å². The first kappa shape index (κ1) is 14.1. The zero-order valence-corrected chi connectivity index (χ0v) is 11.9. The van der Waals surface area contributed by atoms with E-state index in [1.807, 2.05) is 36.9 Å². The van der Waals surface area contributed by atoms with Crippen molar-refractivity contribution in [2.45, 2.75) is 33.1 Å². The van der Waals surface area contributed by atoms with Crippen LogP contribution in [-0.2, 0) is 0 Å². The first-order valence-corrected chi connectivity index (χ1v) is 7.09. The van der Waals surface area contributed by atoms with E-state index in [2.05, 4.69) is 0 Å². The van der Waals surface area contributed by atoms with Crippen molar-refractivity contribution < 1.29 is 9.90 Å². The van der Waals surface area contributed by atoms with Crippen LogP contribution in [0.3, 0.4) is 0 Å². The highest BCUT2D eigenvalue weighted by Crippen LogP contribution is 2.22. The van der Waals surface area contributed by atoms with Gasteiger partial charge in [-0.3, -0.25) is 4.79 Å². The van der Waals surface area contributed by atoms with Gasteiger partial charge in [-0.25, -0.2) is 0 Å². The summed E-state index contributed by atoms with van der Waals surface area (Å²) in [5, 5.41) is 9.04. The van der Waals surface area contributed by atoms with E-state index >= 15 is 0 Å². The van der Waals surface area contributed by atoms with Crippen LogP contribution >= 0.6 is 0 Å². The molecule has 1 amide bonds. The van der Waals surface area contributed by atoms with Crippen LogP contribution in [0, 0.1) is 19.8 Å². The van der Waals surface area contributed by atoms with Gasteiger partial charge < -0.3 is 10.0 Å². The Hall–Kier alpha value is -1.35. The Morgan fingerprint density at radius 1 is 1.42 bits per heavy atom. The summed E-state index contributed by atoms with van der Waals surface area (Å²) in [4.78, 5) is 14.5. The molecule has 1 atom stereocenters. The van der Waals surface area contributed by atoms with Gasteiger partial charge in [0.1, 0.15) is 0 Å². The third kappa shape index (κ3) is 3.35. The molecular formula is C16H23NO2. The molecule has 1 aromatic carbocycles. The topological polar surface area (TPSA) is 40.5 Å². The SMILES string of the molecule is Cc1ccc(C)c(C(=O)N2CCCC(CCO)C2)c1. The molecule has 104 valence electrons. The molecule has 1 heterocycles. The number of aliphatic hydroxyl groups excluding tert-OH is 1. The van der Waals surface area contributed by atoms with E-state index < -0.39 is 0 Å². The minimum atomic E-state index is 0.142. The maximum Gasteiger partial charge on any atom is 0.254 e. The first-order chi connectivity index (χ1) is 9.11. The van der Waals surface area contributed by atoms with E-state index in [4.69, 9.17) is 5.11 Å². The van der Waals surface area contributed by atoms with Gasteiger partial charge in [0.2, 0.25) is 0 Å². The van der Waals surface area contributed by atoms with E-state index in [1.54, 1.807) is 0 Å². The Bertz CT molecular complexity index is 454. The zero-order chi connectivity index (χ0) is 13.8. The first-order valence-electron chi connectivity index (χ1n) is 7.09. The van der Waals surface area contributed by atoms with Gasteiger partial charge in [0.15, 0.2) is 0 Å². The molecule has 0 radical (unpaired) electrons. The number of hydrogen-bond donors (Lipinski definition) is 1. The summed E-state index contributed by atoms with van der Waals surface area (Å²) in [5.74, 6) is 0.594.